The van der Waals surface area contributed by atoms with Crippen molar-refractivity contribution < 1.29 is 10.2 Å². The first-order valence-corrected chi connectivity index (χ1v) is 8.63. The number of nitrogens with zero attached hydrogens (tertiary/aromatic N) is 2. The van der Waals surface area contributed by atoms with Gasteiger partial charge in [-0.1, -0.05) is 60.7 Å². The monoisotopic (exact) mass is 326 g/mol. The Morgan fingerprint density at radius 1 is 0.625 bits per heavy atom. The van der Waals surface area contributed by atoms with Crippen LogP contribution >= 0.6 is 0 Å². The fourth-order valence-corrected chi connectivity index (χ4v) is 3.20. The maximum Gasteiger partial charge on any atom is 0.0916 e. The Morgan fingerprint density at radius 2 is 0.958 bits per heavy atom. The molecule has 128 valence electrons. The number of rotatable bonds is 6. The van der Waals surface area contributed by atoms with E-state index in [-0.39, 0.29) is 0 Å². The van der Waals surface area contributed by atoms with Gasteiger partial charge < -0.3 is 10.2 Å². The lowest BCUT2D eigenvalue weighted by atomic mass is 10.1. The second-order valence-corrected chi connectivity index (χ2v) is 6.45. The van der Waals surface area contributed by atoms with Crippen LogP contribution in [0.3, 0.4) is 0 Å². The third-order valence-corrected chi connectivity index (χ3v) is 4.70. The maximum atomic E-state index is 10.3. The number of piperazine rings is 1. The first kappa shape index (κ1) is 17.1. The molecule has 2 atom stereocenters. The Hall–Kier alpha value is -1.72. The highest BCUT2D eigenvalue weighted by Gasteiger charge is 2.21. The van der Waals surface area contributed by atoms with Crippen molar-refractivity contribution >= 4 is 0 Å². The molecular weight excluding hydrogens is 300 g/mol. The fraction of sp³-hybridized carbons (Fsp3) is 0.400. The van der Waals surface area contributed by atoms with Crippen LogP contribution in [0.15, 0.2) is 60.7 Å². The van der Waals surface area contributed by atoms with E-state index in [1.165, 1.54) is 0 Å². The van der Waals surface area contributed by atoms with Gasteiger partial charge in [0.2, 0.25) is 0 Å². The van der Waals surface area contributed by atoms with Crippen molar-refractivity contribution in [2.45, 2.75) is 12.2 Å². The van der Waals surface area contributed by atoms with Crippen LogP contribution in [-0.4, -0.2) is 59.3 Å². The van der Waals surface area contributed by atoms with Crippen LogP contribution < -0.4 is 0 Å². The van der Waals surface area contributed by atoms with Gasteiger partial charge in [0, 0.05) is 39.3 Å². The summed E-state index contributed by atoms with van der Waals surface area (Å²) in [7, 11) is 0. The Kier molecular flexibility index (Phi) is 5.99. The molecule has 4 nitrogen and oxygen atoms in total. The molecule has 24 heavy (non-hydrogen) atoms. The molecule has 1 fully saturated rings. The average molecular weight is 326 g/mol. The molecule has 0 spiro atoms. The highest BCUT2D eigenvalue weighted by Crippen LogP contribution is 2.17. The minimum Gasteiger partial charge on any atom is -0.387 e. The molecule has 2 aromatic carbocycles. The van der Waals surface area contributed by atoms with Crippen molar-refractivity contribution in [1.82, 2.24) is 9.80 Å². The van der Waals surface area contributed by atoms with Crippen molar-refractivity contribution in [3.63, 3.8) is 0 Å². The molecular formula is C20H26N2O2. The topological polar surface area (TPSA) is 46.9 Å². The molecule has 0 bridgehead atoms. The molecule has 4 heteroatoms. The highest BCUT2D eigenvalue weighted by molar-refractivity contribution is 5.18. The Labute approximate surface area is 144 Å². The van der Waals surface area contributed by atoms with Crippen LogP contribution in [0.2, 0.25) is 0 Å². The molecule has 0 saturated carbocycles. The lowest BCUT2D eigenvalue weighted by Crippen LogP contribution is -2.48. The van der Waals surface area contributed by atoms with Gasteiger partial charge in [-0.25, -0.2) is 0 Å². The summed E-state index contributed by atoms with van der Waals surface area (Å²) < 4.78 is 0. The molecule has 1 aliphatic heterocycles. The molecule has 1 saturated heterocycles. The van der Waals surface area contributed by atoms with Gasteiger partial charge >= 0.3 is 0 Å². The summed E-state index contributed by atoms with van der Waals surface area (Å²) in [6.07, 6.45) is -0.875. The van der Waals surface area contributed by atoms with Crippen LogP contribution in [0, 0.1) is 0 Å². The zero-order valence-corrected chi connectivity index (χ0v) is 14.0. The largest absolute Gasteiger partial charge is 0.387 e. The lowest BCUT2D eigenvalue weighted by Gasteiger charge is -2.36. The fourth-order valence-electron chi connectivity index (χ4n) is 3.20. The predicted octanol–water partition coefficient (Wildman–Crippen LogP) is 2.07. The van der Waals surface area contributed by atoms with E-state index < -0.39 is 12.2 Å². The Balaban J connectivity index is 1.44. The van der Waals surface area contributed by atoms with Crippen LogP contribution in [0.4, 0.5) is 0 Å². The van der Waals surface area contributed by atoms with Gasteiger partial charge in [0.15, 0.2) is 0 Å². The van der Waals surface area contributed by atoms with E-state index in [1.54, 1.807) is 0 Å². The molecule has 3 rings (SSSR count). The average Bonchev–Trinajstić information content (AvgIpc) is 2.65. The molecule has 0 aromatic heterocycles. The van der Waals surface area contributed by atoms with E-state index in [0.717, 1.165) is 37.3 Å². The molecule has 1 aliphatic rings. The van der Waals surface area contributed by atoms with E-state index in [1.807, 2.05) is 60.7 Å². The first-order valence-electron chi connectivity index (χ1n) is 8.63. The molecule has 0 amide bonds. The van der Waals surface area contributed by atoms with E-state index in [0.29, 0.717) is 13.1 Å². The minimum atomic E-state index is -0.437. The molecule has 2 unspecified atom stereocenters. The number of aliphatic hydroxyl groups excluding tert-OH is 2. The van der Waals surface area contributed by atoms with Gasteiger partial charge in [-0.15, -0.1) is 0 Å². The zero-order valence-electron chi connectivity index (χ0n) is 14.0. The van der Waals surface area contributed by atoms with E-state index in [9.17, 15) is 10.2 Å². The van der Waals surface area contributed by atoms with Gasteiger partial charge in [0.1, 0.15) is 0 Å². The number of benzene rings is 2. The third-order valence-electron chi connectivity index (χ3n) is 4.70. The van der Waals surface area contributed by atoms with Crippen molar-refractivity contribution in [1.29, 1.82) is 0 Å². The number of aliphatic hydroxyl groups is 2. The van der Waals surface area contributed by atoms with E-state index >= 15 is 0 Å². The second kappa shape index (κ2) is 8.40. The summed E-state index contributed by atoms with van der Waals surface area (Å²) >= 11 is 0. The SMILES string of the molecule is OC(CN1CCN(CC(O)c2ccccc2)CC1)c1ccccc1. The second-order valence-electron chi connectivity index (χ2n) is 6.45. The van der Waals surface area contributed by atoms with Crippen LogP contribution in [0.5, 0.6) is 0 Å². The smallest absolute Gasteiger partial charge is 0.0916 e. The lowest BCUT2D eigenvalue weighted by molar-refractivity contribution is 0.0482. The van der Waals surface area contributed by atoms with Gasteiger partial charge in [-0.2, -0.15) is 0 Å². The standard InChI is InChI=1S/C20H26N2O2/c23-19(17-7-3-1-4-8-17)15-21-11-13-22(14-12-21)16-20(24)18-9-5-2-6-10-18/h1-10,19-20,23-24H,11-16H2. The minimum absolute atomic E-state index is 0.437. The summed E-state index contributed by atoms with van der Waals surface area (Å²) in [4.78, 5) is 4.59. The van der Waals surface area contributed by atoms with Crippen LogP contribution in [-0.2, 0) is 0 Å². The first-order chi connectivity index (χ1) is 11.7. The summed E-state index contributed by atoms with van der Waals surface area (Å²) in [5.74, 6) is 0. The van der Waals surface area contributed by atoms with Crippen molar-refractivity contribution in [2.75, 3.05) is 39.3 Å². The van der Waals surface area contributed by atoms with Crippen LogP contribution in [0.25, 0.3) is 0 Å². The van der Waals surface area contributed by atoms with Crippen molar-refractivity contribution in [3.05, 3.63) is 71.8 Å². The summed E-state index contributed by atoms with van der Waals surface area (Å²) in [6, 6.07) is 19.6. The Morgan fingerprint density at radius 3 is 1.29 bits per heavy atom. The number of hydrogen-bond acceptors (Lipinski definition) is 4. The van der Waals surface area contributed by atoms with E-state index in [4.69, 9.17) is 0 Å². The summed E-state index contributed by atoms with van der Waals surface area (Å²) in [6.45, 7) is 5.02. The zero-order chi connectivity index (χ0) is 16.8. The van der Waals surface area contributed by atoms with Crippen molar-refractivity contribution in [2.24, 2.45) is 0 Å². The van der Waals surface area contributed by atoms with E-state index in [2.05, 4.69) is 9.80 Å². The quantitative estimate of drug-likeness (QED) is 0.853. The number of β-amino-alcohol motifs (C(OH)–C–C–N with tert-alkyl or cyclic N) is 2. The van der Waals surface area contributed by atoms with Crippen LogP contribution in [0.1, 0.15) is 23.3 Å². The Bertz CT molecular complexity index is 542. The molecule has 2 aromatic rings. The number of hydrogen-bond donors (Lipinski definition) is 2. The molecule has 1 heterocycles. The normalized spacial score (nSPS) is 19.1. The molecule has 0 radical (unpaired) electrons. The summed E-state index contributed by atoms with van der Waals surface area (Å²) in [5.41, 5.74) is 1.94. The summed E-state index contributed by atoms with van der Waals surface area (Å²) in [5, 5.41) is 20.7. The van der Waals surface area contributed by atoms with Gasteiger partial charge in [-0.05, 0) is 11.1 Å². The predicted molar refractivity (Wildman–Crippen MR) is 95.7 cm³/mol. The van der Waals surface area contributed by atoms with Gasteiger partial charge in [0.25, 0.3) is 0 Å². The maximum absolute atomic E-state index is 10.3. The molecule has 2 N–H and O–H groups in total. The molecule has 0 aliphatic carbocycles. The van der Waals surface area contributed by atoms with Crippen molar-refractivity contribution in [3.8, 4) is 0 Å². The van der Waals surface area contributed by atoms with Gasteiger partial charge in [-0.3, -0.25) is 9.80 Å². The third kappa shape index (κ3) is 4.65. The highest BCUT2D eigenvalue weighted by atomic mass is 16.3. The van der Waals surface area contributed by atoms with Gasteiger partial charge in [0.05, 0.1) is 12.2 Å².